The number of likely N-dealkylation sites (tertiary alicyclic amines) is 1. The molecule has 0 aromatic heterocycles. The molecule has 1 fully saturated rings. The van der Waals surface area contributed by atoms with Crippen molar-refractivity contribution in [3.8, 4) is 0 Å². The van der Waals surface area contributed by atoms with Crippen LogP contribution in [0.2, 0.25) is 0 Å². The number of nitrogens with one attached hydrogen (secondary N) is 1. The second-order valence-corrected chi connectivity index (χ2v) is 5.22. The number of carbonyl (C=O) groups excluding carboxylic acids is 1. The molecule has 1 rings (SSSR count). The molecule has 0 aromatic rings. The lowest BCUT2D eigenvalue weighted by Crippen LogP contribution is -2.53. The molecular weight excluding hydrogens is 208 g/mol. The number of carboxylic acids is 1. The van der Waals surface area contributed by atoms with Crippen LogP contribution in [0.25, 0.3) is 0 Å². The van der Waals surface area contributed by atoms with E-state index in [-0.39, 0.29) is 6.03 Å². The number of carboxylic acid groups (broad SMARTS) is 1. The molecule has 2 unspecified atom stereocenters. The highest BCUT2D eigenvalue weighted by atomic mass is 16.4. The van der Waals surface area contributed by atoms with Crippen LogP contribution in [-0.2, 0) is 4.79 Å². The SMILES string of the molecule is CC1CN(C(=O)NC(C)(C)C(=O)O)CC1C. The molecule has 0 aromatic carbocycles. The average molecular weight is 228 g/mol. The van der Waals surface area contributed by atoms with E-state index in [0.717, 1.165) is 0 Å². The lowest BCUT2D eigenvalue weighted by molar-refractivity contribution is -0.143. The van der Waals surface area contributed by atoms with Gasteiger partial charge in [0.25, 0.3) is 0 Å². The Labute approximate surface area is 95.8 Å². The Balaban J connectivity index is 2.57. The molecule has 1 saturated heterocycles. The first-order valence-electron chi connectivity index (χ1n) is 5.54. The van der Waals surface area contributed by atoms with Crippen molar-refractivity contribution in [3.63, 3.8) is 0 Å². The summed E-state index contributed by atoms with van der Waals surface area (Å²) in [5, 5.41) is 11.4. The maximum absolute atomic E-state index is 11.8. The van der Waals surface area contributed by atoms with Crippen molar-refractivity contribution < 1.29 is 14.7 Å². The fourth-order valence-corrected chi connectivity index (χ4v) is 1.70. The maximum Gasteiger partial charge on any atom is 0.328 e. The molecule has 0 radical (unpaired) electrons. The Morgan fingerprint density at radius 1 is 1.25 bits per heavy atom. The van der Waals surface area contributed by atoms with Crippen LogP contribution in [-0.4, -0.2) is 40.6 Å². The van der Waals surface area contributed by atoms with Crippen LogP contribution in [0.15, 0.2) is 0 Å². The van der Waals surface area contributed by atoms with Crippen LogP contribution >= 0.6 is 0 Å². The highest BCUT2D eigenvalue weighted by Gasteiger charge is 2.34. The molecule has 5 heteroatoms. The first kappa shape index (κ1) is 12.8. The van der Waals surface area contributed by atoms with Crippen LogP contribution in [0, 0.1) is 11.8 Å². The molecule has 0 aliphatic carbocycles. The van der Waals surface area contributed by atoms with Crippen LogP contribution in [0.4, 0.5) is 4.79 Å². The quantitative estimate of drug-likeness (QED) is 0.744. The van der Waals surface area contributed by atoms with Gasteiger partial charge < -0.3 is 15.3 Å². The van der Waals surface area contributed by atoms with Crippen LogP contribution in [0.3, 0.4) is 0 Å². The summed E-state index contributed by atoms with van der Waals surface area (Å²) in [7, 11) is 0. The third-order valence-corrected chi connectivity index (χ3v) is 3.23. The molecule has 5 nitrogen and oxygen atoms in total. The monoisotopic (exact) mass is 228 g/mol. The van der Waals surface area contributed by atoms with E-state index in [9.17, 15) is 9.59 Å². The van der Waals surface area contributed by atoms with E-state index in [1.807, 2.05) is 0 Å². The van der Waals surface area contributed by atoms with Gasteiger partial charge in [-0.25, -0.2) is 9.59 Å². The Morgan fingerprint density at radius 2 is 1.69 bits per heavy atom. The van der Waals surface area contributed by atoms with Gasteiger partial charge in [0.05, 0.1) is 0 Å². The van der Waals surface area contributed by atoms with Gasteiger partial charge in [-0.15, -0.1) is 0 Å². The summed E-state index contributed by atoms with van der Waals surface area (Å²) in [4.78, 5) is 24.4. The topological polar surface area (TPSA) is 69.6 Å². The van der Waals surface area contributed by atoms with Crippen molar-refractivity contribution in [2.45, 2.75) is 33.2 Å². The van der Waals surface area contributed by atoms with Crippen molar-refractivity contribution >= 4 is 12.0 Å². The first-order valence-corrected chi connectivity index (χ1v) is 5.54. The van der Waals surface area contributed by atoms with Crippen LogP contribution in [0.5, 0.6) is 0 Å². The summed E-state index contributed by atoms with van der Waals surface area (Å²) in [6.45, 7) is 8.55. The van der Waals surface area contributed by atoms with Crippen molar-refractivity contribution in [2.75, 3.05) is 13.1 Å². The van der Waals surface area contributed by atoms with E-state index < -0.39 is 11.5 Å². The van der Waals surface area contributed by atoms with Crippen LogP contribution < -0.4 is 5.32 Å². The van der Waals surface area contributed by atoms with E-state index in [2.05, 4.69) is 19.2 Å². The predicted octanol–water partition coefficient (Wildman–Crippen LogP) is 1.15. The zero-order valence-electron chi connectivity index (χ0n) is 10.3. The van der Waals surface area contributed by atoms with E-state index in [0.29, 0.717) is 24.9 Å². The molecule has 2 atom stereocenters. The minimum Gasteiger partial charge on any atom is -0.480 e. The number of urea groups is 1. The molecule has 0 bridgehead atoms. The largest absolute Gasteiger partial charge is 0.480 e. The Bertz CT molecular complexity index is 292. The zero-order chi connectivity index (χ0) is 12.5. The number of hydrogen-bond acceptors (Lipinski definition) is 2. The second-order valence-electron chi connectivity index (χ2n) is 5.22. The third kappa shape index (κ3) is 2.65. The number of amides is 2. The lowest BCUT2D eigenvalue weighted by Gasteiger charge is -2.25. The van der Waals surface area contributed by atoms with Crippen molar-refractivity contribution in [1.82, 2.24) is 10.2 Å². The number of rotatable bonds is 2. The third-order valence-electron chi connectivity index (χ3n) is 3.23. The standard InChI is InChI=1S/C11H20N2O3/c1-7-5-13(6-8(7)2)10(16)12-11(3,4)9(14)15/h7-8H,5-6H2,1-4H3,(H,12,16)(H,14,15). The molecule has 0 saturated carbocycles. The molecule has 16 heavy (non-hydrogen) atoms. The summed E-state index contributed by atoms with van der Waals surface area (Å²) in [5.74, 6) is -0.0847. The minimum atomic E-state index is -1.22. The van der Waals surface area contributed by atoms with Gasteiger partial charge in [0.2, 0.25) is 0 Å². The maximum atomic E-state index is 11.8. The molecule has 1 heterocycles. The van der Waals surface area contributed by atoms with Crippen LogP contribution in [0.1, 0.15) is 27.7 Å². The van der Waals surface area contributed by atoms with E-state index in [1.54, 1.807) is 4.90 Å². The van der Waals surface area contributed by atoms with Gasteiger partial charge in [0, 0.05) is 13.1 Å². The molecular formula is C11H20N2O3. The number of aliphatic carboxylic acids is 1. The zero-order valence-corrected chi connectivity index (χ0v) is 10.3. The summed E-state index contributed by atoms with van der Waals surface area (Å²) < 4.78 is 0. The Morgan fingerprint density at radius 3 is 2.06 bits per heavy atom. The molecule has 2 N–H and O–H groups in total. The van der Waals surface area contributed by atoms with Gasteiger partial charge in [-0.2, -0.15) is 0 Å². The molecule has 1 aliphatic heterocycles. The van der Waals surface area contributed by atoms with Gasteiger partial charge >= 0.3 is 12.0 Å². The van der Waals surface area contributed by atoms with Gasteiger partial charge in [-0.05, 0) is 25.7 Å². The molecule has 92 valence electrons. The summed E-state index contributed by atoms with van der Waals surface area (Å²) in [6, 6.07) is -0.288. The summed E-state index contributed by atoms with van der Waals surface area (Å²) in [6.07, 6.45) is 0. The van der Waals surface area contributed by atoms with Crippen molar-refractivity contribution in [2.24, 2.45) is 11.8 Å². The van der Waals surface area contributed by atoms with Gasteiger partial charge in [0.15, 0.2) is 0 Å². The number of hydrogen-bond donors (Lipinski definition) is 2. The fraction of sp³-hybridized carbons (Fsp3) is 0.818. The fourth-order valence-electron chi connectivity index (χ4n) is 1.70. The molecule has 2 amide bonds. The van der Waals surface area contributed by atoms with Crippen molar-refractivity contribution in [3.05, 3.63) is 0 Å². The lowest BCUT2D eigenvalue weighted by atomic mass is 10.0. The van der Waals surface area contributed by atoms with Gasteiger partial charge in [-0.1, -0.05) is 13.8 Å². The molecule has 1 aliphatic rings. The van der Waals surface area contributed by atoms with Crippen molar-refractivity contribution in [1.29, 1.82) is 0 Å². The Kier molecular flexibility index (Phi) is 3.45. The second kappa shape index (κ2) is 4.31. The highest BCUT2D eigenvalue weighted by molar-refractivity contribution is 5.85. The van der Waals surface area contributed by atoms with E-state index >= 15 is 0 Å². The van der Waals surface area contributed by atoms with E-state index in [1.165, 1.54) is 13.8 Å². The van der Waals surface area contributed by atoms with Gasteiger partial charge in [0.1, 0.15) is 5.54 Å². The number of nitrogens with zero attached hydrogens (tertiary/aromatic N) is 1. The number of carbonyl (C=O) groups is 2. The Hall–Kier alpha value is -1.26. The smallest absolute Gasteiger partial charge is 0.328 e. The molecule has 0 spiro atoms. The highest BCUT2D eigenvalue weighted by Crippen LogP contribution is 2.22. The average Bonchev–Trinajstić information content (AvgIpc) is 2.46. The van der Waals surface area contributed by atoms with Gasteiger partial charge in [-0.3, -0.25) is 0 Å². The summed E-state index contributed by atoms with van der Waals surface area (Å²) >= 11 is 0. The first-order chi connectivity index (χ1) is 7.24. The minimum absolute atomic E-state index is 0.288. The predicted molar refractivity (Wildman–Crippen MR) is 60.1 cm³/mol. The summed E-state index contributed by atoms with van der Waals surface area (Å²) in [5.41, 5.74) is -1.22. The van der Waals surface area contributed by atoms with E-state index in [4.69, 9.17) is 5.11 Å². The normalized spacial score (nSPS) is 25.6.